The third kappa shape index (κ3) is 1.83. The molecule has 1 unspecified atom stereocenters. The molecule has 1 fully saturated rings. The third-order valence-corrected chi connectivity index (χ3v) is 3.06. The van der Waals surface area contributed by atoms with Crippen molar-refractivity contribution < 1.29 is 0 Å². The molecule has 1 heteroatoms. The summed E-state index contributed by atoms with van der Waals surface area (Å²) in [5.41, 5.74) is 1.82. The van der Waals surface area contributed by atoms with Crippen LogP contribution in [0.4, 0.5) is 0 Å². The number of nitrogens with one attached hydrogen (secondary N) is 1. The van der Waals surface area contributed by atoms with E-state index in [0.717, 1.165) is 0 Å². The van der Waals surface area contributed by atoms with Gasteiger partial charge >= 0.3 is 0 Å². The Kier molecular flexibility index (Phi) is 2.36. The zero-order valence-corrected chi connectivity index (χ0v) is 9.25. The first-order valence-corrected chi connectivity index (χ1v) is 5.44. The van der Waals surface area contributed by atoms with Crippen molar-refractivity contribution in [3.63, 3.8) is 0 Å². The van der Waals surface area contributed by atoms with Gasteiger partial charge in [-0.2, -0.15) is 0 Å². The average Bonchev–Trinajstić information content (AvgIpc) is 2.77. The van der Waals surface area contributed by atoms with Gasteiger partial charge in [0, 0.05) is 17.5 Å². The Labute approximate surface area is 86.5 Å². The molecular formula is C13H19N. The van der Waals surface area contributed by atoms with E-state index in [1.165, 1.54) is 12.0 Å². The van der Waals surface area contributed by atoms with Gasteiger partial charge in [-0.1, -0.05) is 44.2 Å². The lowest BCUT2D eigenvalue weighted by Crippen LogP contribution is -2.35. The van der Waals surface area contributed by atoms with Gasteiger partial charge < -0.3 is 5.32 Å². The van der Waals surface area contributed by atoms with Crippen LogP contribution in [0.25, 0.3) is 0 Å². The summed E-state index contributed by atoms with van der Waals surface area (Å²) in [5, 5.41) is 3.64. The predicted octanol–water partition coefficient (Wildman–Crippen LogP) is 2.93. The molecule has 14 heavy (non-hydrogen) atoms. The van der Waals surface area contributed by atoms with Crippen molar-refractivity contribution in [2.24, 2.45) is 0 Å². The molecule has 1 aliphatic carbocycles. The molecule has 1 N–H and O–H groups in total. The summed E-state index contributed by atoms with van der Waals surface area (Å²) >= 11 is 0. The van der Waals surface area contributed by atoms with Crippen LogP contribution in [0, 0.1) is 0 Å². The van der Waals surface area contributed by atoms with Crippen LogP contribution in [-0.2, 0) is 0 Å². The molecule has 0 saturated heterocycles. The van der Waals surface area contributed by atoms with Crippen LogP contribution in [0.2, 0.25) is 0 Å². The van der Waals surface area contributed by atoms with Gasteiger partial charge in [0.1, 0.15) is 0 Å². The molecule has 0 bridgehead atoms. The van der Waals surface area contributed by atoms with Crippen molar-refractivity contribution in [2.75, 3.05) is 0 Å². The minimum atomic E-state index is 0.343. The molecule has 0 aromatic heterocycles. The predicted molar refractivity (Wildman–Crippen MR) is 60.5 cm³/mol. The molecule has 2 rings (SSSR count). The van der Waals surface area contributed by atoms with Crippen molar-refractivity contribution in [2.45, 2.75) is 44.7 Å². The minimum absolute atomic E-state index is 0.343. The van der Waals surface area contributed by atoms with E-state index in [1.807, 2.05) is 0 Å². The maximum absolute atomic E-state index is 3.64. The van der Waals surface area contributed by atoms with Gasteiger partial charge in [-0.15, -0.1) is 0 Å². The molecule has 0 aliphatic heterocycles. The van der Waals surface area contributed by atoms with Crippen LogP contribution in [-0.4, -0.2) is 11.6 Å². The molecule has 76 valence electrons. The van der Waals surface area contributed by atoms with Gasteiger partial charge in [0.05, 0.1) is 0 Å². The van der Waals surface area contributed by atoms with Crippen molar-refractivity contribution in [1.82, 2.24) is 5.32 Å². The van der Waals surface area contributed by atoms with Crippen molar-refractivity contribution in [1.29, 1.82) is 0 Å². The number of rotatable bonds is 3. The maximum atomic E-state index is 3.64. The van der Waals surface area contributed by atoms with Crippen LogP contribution in [0.3, 0.4) is 0 Å². The fourth-order valence-corrected chi connectivity index (χ4v) is 2.36. The Hall–Kier alpha value is -0.820. The highest BCUT2D eigenvalue weighted by Crippen LogP contribution is 2.51. The van der Waals surface area contributed by atoms with Crippen molar-refractivity contribution in [3.05, 3.63) is 35.9 Å². The van der Waals surface area contributed by atoms with E-state index in [-0.39, 0.29) is 0 Å². The molecule has 0 radical (unpaired) electrons. The Balaban J connectivity index is 2.05. The van der Waals surface area contributed by atoms with Gasteiger partial charge in [-0.05, 0) is 18.9 Å². The monoisotopic (exact) mass is 189 g/mol. The summed E-state index contributed by atoms with van der Waals surface area (Å²) in [4.78, 5) is 0. The first-order valence-electron chi connectivity index (χ1n) is 5.44. The van der Waals surface area contributed by atoms with Gasteiger partial charge in [-0.3, -0.25) is 0 Å². The highest BCUT2D eigenvalue weighted by atomic mass is 15.1. The largest absolute Gasteiger partial charge is 0.309 e. The SMILES string of the molecule is CC(C)NC1(C)C[C@@H]1c1ccccc1. The lowest BCUT2D eigenvalue weighted by molar-refractivity contribution is 0.466. The van der Waals surface area contributed by atoms with Crippen molar-refractivity contribution in [3.8, 4) is 0 Å². The molecule has 0 heterocycles. The molecule has 0 amide bonds. The summed E-state index contributed by atoms with van der Waals surface area (Å²) in [6.07, 6.45) is 1.27. The Morgan fingerprint density at radius 1 is 1.29 bits per heavy atom. The van der Waals surface area contributed by atoms with E-state index in [1.54, 1.807) is 0 Å². The van der Waals surface area contributed by atoms with Gasteiger partial charge in [0.15, 0.2) is 0 Å². The molecular weight excluding hydrogens is 170 g/mol. The maximum Gasteiger partial charge on any atom is 0.0231 e. The topological polar surface area (TPSA) is 12.0 Å². The zero-order chi connectivity index (χ0) is 10.2. The van der Waals surface area contributed by atoms with Crippen LogP contribution in [0.15, 0.2) is 30.3 Å². The van der Waals surface area contributed by atoms with Crippen LogP contribution in [0.1, 0.15) is 38.7 Å². The lowest BCUT2D eigenvalue weighted by atomic mass is 10.1. The first kappa shape index (κ1) is 9.72. The first-order chi connectivity index (χ1) is 6.62. The zero-order valence-electron chi connectivity index (χ0n) is 9.25. The van der Waals surface area contributed by atoms with E-state index in [9.17, 15) is 0 Å². The number of hydrogen-bond donors (Lipinski definition) is 1. The van der Waals surface area contributed by atoms with Crippen molar-refractivity contribution >= 4 is 0 Å². The number of hydrogen-bond acceptors (Lipinski definition) is 1. The second kappa shape index (κ2) is 3.39. The minimum Gasteiger partial charge on any atom is -0.309 e. The smallest absolute Gasteiger partial charge is 0.0231 e. The van der Waals surface area contributed by atoms with E-state index in [4.69, 9.17) is 0 Å². The standard InChI is InChI=1S/C13H19N/c1-10(2)14-13(3)9-12(13)11-7-5-4-6-8-11/h4-8,10,12,14H,9H2,1-3H3/t12-,13?/m1/s1. The van der Waals surface area contributed by atoms with E-state index >= 15 is 0 Å². The second-order valence-electron chi connectivity index (χ2n) is 4.88. The summed E-state index contributed by atoms with van der Waals surface area (Å²) in [6.45, 7) is 6.75. The summed E-state index contributed by atoms with van der Waals surface area (Å²) in [7, 11) is 0. The third-order valence-electron chi connectivity index (χ3n) is 3.06. The van der Waals surface area contributed by atoms with E-state index < -0.39 is 0 Å². The normalized spacial score (nSPS) is 30.7. The molecule has 1 aromatic rings. The average molecular weight is 189 g/mol. The second-order valence-corrected chi connectivity index (χ2v) is 4.88. The molecule has 1 aromatic carbocycles. The quantitative estimate of drug-likeness (QED) is 0.771. The highest BCUT2D eigenvalue weighted by Gasteiger charge is 2.50. The van der Waals surface area contributed by atoms with E-state index in [0.29, 0.717) is 17.5 Å². The Morgan fingerprint density at radius 2 is 1.93 bits per heavy atom. The fourth-order valence-electron chi connectivity index (χ4n) is 2.36. The summed E-state index contributed by atoms with van der Waals surface area (Å²) in [5.74, 6) is 0.714. The highest BCUT2D eigenvalue weighted by molar-refractivity contribution is 5.32. The molecule has 0 spiro atoms. The van der Waals surface area contributed by atoms with Crippen LogP contribution < -0.4 is 5.32 Å². The number of benzene rings is 1. The molecule has 1 saturated carbocycles. The molecule has 1 nitrogen and oxygen atoms in total. The summed E-state index contributed by atoms with van der Waals surface area (Å²) < 4.78 is 0. The van der Waals surface area contributed by atoms with Gasteiger partial charge in [-0.25, -0.2) is 0 Å². The molecule has 1 aliphatic rings. The fraction of sp³-hybridized carbons (Fsp3) is 0.538. The van der Waals surface area contributed by atoms with Gasteiger partial charge in [0.25, 0.3) is 0 Å². The Morgan fingerprint density at radius 3 is 2.50 bits per heavy atom. The van der Waals surface area contributed by atoms with Crippen LogP contribution >= 0.6 is 0 Å². The van der Waals surface area contributed by atoms with Crippen LogP contribution in [0.5, 0.6) is 0 Å². The van der Waals surface area contributed by atoms with Gasteiger partial charge in [0.2, 0.25) is 0 Å². The molecule has 2 atom stereocenters. The summed E-state index contributed by atoms with van der Waals surface area (Å²) in [6, 6.07) is 11.4. The lowest BCUT2D eigenvalue weighted by Gasteiger charge is -2.17. The Bertz CT molecular complexity index is 304. The van der Waals surface area contributed by atoms with E-state index in [2.05, 4.69) is 56.4 Å².